The lowest BCUT2D eigenvalue weighted by molar-refractivity contribution is 0.490. The van der Waals surface area contributed by atoms with Gasteiger partial charge in [-0.2, -0.15) is 0 Å². The van der Waals surface area contributed by atoms with Gasteiger partial charge in [0.2, 0.25) is 0 Å². The van der Waals surface area contributed by atoms with Gasteiger partial charge in [-0.1, -0.05) is 33.6 Å². The molecule has 3 nitrogen and oxygen atoms in total. The monoisotopic (exact) mass is 199 g/mol. The van der Waals surface area contributed by atoms with Crippen LogP contribution in [0.1, 0.15) is 52.9 Å². The highest BCUT2D eigenvalue weighted by atomic mass is 15.2. The largest absolute Gasteiger partial charge is 0.401 e. The minimum Gasteiger partial charge on any atom is -0.401 e. The van der Waals surface area contributed by atoms with Gasteiger partial charge in [0.15, 0.2) is 0 Å². The summed E-state index contributed by atoms with van der Waals surface area (Å²) in [6.07, 6.45) is 5.97. The summed E-state index contributed by atoms with van der Waals surface area (Å²) in [6, 6.07) is 0. The number of hydrogen-bond donors (Lipinski definition) is 3. The minimum absolute atomic E-state index is 0.496. The van der Waals surface area contributed by atoms with Crippen molar-refractivity contribution in [1.82, 2.24) is 5.43 Å². The van der Waals surface area contributed by atoms with Gasteiger partial charge in [-0.15, -0.1) is 0 Å². The quantitative estimate of drug-likeness (QED) is 0.448. The highest BCUT2D eigenvalue weighted by Gasteiger charge is 2.13. The number of allylic oxidation sites excluding steroid dienone is 2. The topological polar surface area (TPSA) is 64.1 Å². The third-order valence-corrected chi connectivity index (χ3v) is 2.58. The summed E-state index contributed by atoms with van der Waals surface area (Å²) < 4.78 is 0. The predicted octanol–water partition coefficient (Wildman–Crippen LogP) is 2.25. The van der Waals surface area contributed by atoms with Crippen molar-refractivity contribution in [2.75, 3.05) is 0 Å². The van der Waals surface area contributed by atoms with E-state index in [2.05, 4.69) is 12.3 Å². The Hall–Kier alpha value is -0.700. The number of hydrazine groups is 1. The van der Waals surface area contributed by atoms with Gasteiger partial charge in [-0.3, -0.25) is 5.84 Å². The molecule has 5 N–H and O–H groups in total. The van der Waals surface area contributed by atoms with Crippen LogP contribution in [0.15, 0.2) is 11.4 Å². The molecule has 0 bridgehead atoms. The smallest absolute Gasteiger partial charge is 0.0474 e. The molecule has 1 aliphatic carbocycles. The highest BCUT2D eigenvalue weighted by Crippen LogP contribution is 2.22. The lowest BCUT2D eigenvalue weighted by atomic mass is 9.94. The van der Waals surface area contributed by atoms with Crippen LogP contribution >= 0.6 is 0 Å². The van der Waals surface area contributed by atoms with E-state index in [4.69, 9.17) is 11.6 Å². The SMILES string of the molecule is CC.CC1CCCCC/C(N)=C\1NN. The van der Waals surface area contributed by atoms with Crippen molar-refractivity contribution in [3.05, 3.63) is 11.4 Å². The van der Waals surface area contributed by atoms with Crippen molar-refractivity contribution in [1.29, 1.82) is 0 Å². The Labute approximate surface area is 87.9 Å². The standard InChI is InChI=1S/C9H19N3.C2H6/c1-7-5-3-2-4-6-8(10)9(7)12-11;1-2/h7,12H,2-6,10-11H2,1H3;1-2H3/b9-8-;. The van der Waals surface area contributed by atoms with Crippen LogP contribution in [0.5, 0.6) is 0 Å². The van der Waals surface area contributed by atoms with Gasteiger partial charge in [0.25, 0.3) is 0 Å². The van der Waals surface area contributed by atoms with Gasteiger partial charge in [0.1, 0.15) is 0 Å². The van der Waals surface area contributed by atoms with Crippen LogP contribution < -0.4 is 17.0 Å². The molecule has 84 valence electrons. The van der Waals surface area contributed by atoms with Crippen LogP contribution in [0.25, 0.3) is 0 Å². The van der Waals surface area contributed by atoms with Crippen molar-refractivity contribution < 1.29 is 0 Å². The molecule has 3 heteroatoms. The van der Waals surface area contributed by atoms with Crippen molar-refractivity contribution in [3.8, 4) is 0 Å². The second kappa shape index (κ2) is 7.68. The number of hydrogen-bond acceptors (Lipinski definition) is 3. The Morgan fingerprint density at radius 2 is 1.86 bits per heavy atom. The summed E-state index contributed by atoms with van der Waals surface area (Å²) in [6.45, 7) is 6.17. The van der Waals surface area contributed by atoms with E-state index in [-0.39, 0.29) is 0 Å². The molecule has 1 rings (SSSR count). The molecule has 1 aliphatic rings. The zero-order valence-electron chi connectivity index (χ0n) is 9.77. The first-order valence-corrected chi connectivity index (χ1v) is 5.71. The third-order valence-electron chi connectivity index (χ3n) is 2.58. The lowest BCUT2D eigenvalue weighted by Crippen LogP contribution is -2.29. The van der Waals surface area contributed by atoms with Crippen molar-refractivity contribution in [2.45, 2.75) is 52.9 Å². The molecule has 1 unspecified atom stereocenters. The van der Waals surface area contributed by atoms with Gasteiger partial charge < -0.3 is 11.2 Å². The van der Waals surface area contributed by atoms with Crippen LogP contribution in [-0.4, -0.2) is 0 Å². The lowest BCUT2D eigenvalue weighted by Gasteiger charge is -2.20. The van der Waals surface area contributed by atoms with Crippen LogP contribution in [0.3, 0.4) is 0 Å². The van der Waals surface area contributed by atoms with E-state index in [1.165, 1.54) is 25.7 Å². The molecular formula is C11H25N3. The molecule has 0 radical (unpaired) electrons. The van der Waals surface area contributed by atoms with E-state index in [1.54, 1.807) is 0 Å². The Morgan fingerprint density at radius 1 is 1.21 bits per heavy atom. The Kier molecular flexibility index (Phi) is 7.30. The molecule has 0 saturated heterocycles. The molecular weight excluding hydrogens is 174 g/mol. The fourth-order valence-electron chi connectivity index (χ4n) is 1.77. The van der Waals surface area contributed by atoms with E-state index < -0.39 is 0 Å². The van der Waals surface area contributed by atoms with Gasteiger partial charge >= 0.3 is 0 Å². The molecule has 0 heterocycles. The summed E-state index contributed by atoms with van der Waals surface area (Å²) in [4.78, 5) is 0. The van der Waals surface area contributed by atoms with Crippen LogP contribution in [0.4, 0.5) is 0 Å². The first kappa shape index (κ1) is 13.3. The average molecular weight is 199 g/mol. The second-order valence-electron chi connectivity index (χ2n) is 3.58. The zero-order valence-corrected chi connectivity index (χ0v) is 9.77. The maximum Gasteiger partial charge on any atom is 0.0474 e. The Bertz CT molecular complexity index is 175. The van der Waals surface area contributed by atoms with Crippen molar-refractivity contribution in [2.24, 2.45) is 17.5 Å². The highest BCUT2D eigenvalue weighted by molar-refractivity contribution is 5.11. The number of nitrogens with one attached hydrogen (secondary N) is 1. The van der Waals surface area contributed by atoms with E-state index in [0.717, 1.165) is 17.8 Å². The molecule has 0 spiro atoms. The first-order chi connectivity index (χ1) is 6.75. The molecule has 0 aromatic rings. The van der Waals surface area contributed by atoms with E-state index >= 15 is 0 Å². The molecule has 0 aromatic carbocycles. The maximum absolute atomic E-state index is 5.89. The zero-order chi connectivity index (χ0) is 11.0. The fourth-order valence-corrected chi connectivity index (χ4v) is 1.77. The average Bonchev–Trinajstić information content (AvgIpc) is 2.19. The predicted molar refractivity (Wildman–Crippen MR) is 62.1 cm³/mol. The molecule has 0 aliphatic heterocycles. The van der Waals surface area contributed by atoms with Gasteiger partial charge in [-0.25, -0.2) is 0 Å². The van der Waals surface area contributed by atoms with Crippen molar-refractivity contribution in [3.63, 3.8) is 0 Å². The summed E-state index contributed by atoms with van der Waals surface area (Å²) in [5.74, 6) is 5.91. The number of rotatable bonds is 1. The van der Waals surface area contributed by atoms with E-state index in [1.807, 2.05) is 13.8 Å². The van der Waals surface area contributed by atoms with Crippen LogP contribution in [0, 0.1) is 5.92 Å². The third kappa shape index (κ3) is 4.01. The van der Waals surface area contributed by atoms with Gasteiger partial charge in [0, 0.05) is 11.4 Å². The summed E-state index contributed by atoms with van der Waals surface area (Å²) in [7, 11) is 0. The minimum atomic E-state index is 0.496. The number of nitrogens with two attached hydrogens (primary N) is 2. The normalized spacial score (nSPS) is 28.1. The molecule has 0 fully saturated rings. The van der Waals surface area contributed by atoms with Gasteiger partial charge in [0.05, 0.1) is 0 Å². The van der Waals surface area contributed by atoms with E-state index in [9.17, 15) is 0 Å². The summed E-state index contributed by atoms with van der Waals surface area (Å²) in [5.41, 5.74) is 10.6. The molecule has 0 amide bonds. The summed E-state index contributed by atoms with van der Waals surface area (Å²) in [5, 5.41) is 0. The molecule has 0 aromatic heterocycles. The van der Waals surface area contributed by atoms with Gasteiger partial charge in [-0.05, 0) is 25.2 Å². The Balaban J connectivity index is 0.000000791. The van der Waals surface area contributed by atoms with Crippen molar-refractivity contribution >= 4 is 0 Å². The molecule has 0 saturated carbocycles. The summed E-state index contributed by atoms with van der Waals surface area (Å²) >= 11 is 0. The second-order valence-corrected chi connectivity index (χ2v) is 3.58. The molecule has 14 heavy (non-hydrogen) atoms. The van der Waals surface area contributed by atoms with Crippen LogP contribution in [-0.2, 0) is 0 Å². The first-order valence-electron chi connectivity index (χ1n) is 5.71. The van der Waals surface area contributed by atoms with E-state index in [0.29, 0.717) is 5.92 Å². The Morgan fingerprint density at radius 3 is 2.43 bits per heavy atom. The fraction of sp³-hybridized carbons (Fsp3) is 0.818. The molecule has 1 atom stereocenters. The maximum atomic E-state index is 5.89. The van der Waals surface area contributed by atoms with Crippen LogP contribution in [0.2, 0.25) is 0 Å².